The number of carbonyl (C=O) groups excluding carboxylic acids is 3. The number of urea groups is 1. The van der Waals surface area contributed by atoms with E-state index >= 15 is 0 Å². The number of aryl methyl sites for hydroxylation is 1. The molecule has 10 heteroatoms. The summed E-state index contributed by atoms with van der Waals surface area (Å²) in [5.74, 6) is -2.71. The lowest BCUT2D eigenvalue weighted by Crippen LogP contribution is -2.54. The Kier molecular flexibility index (Phi) is 4.85. The zero-order chi connectivity index (χ0) is 20.6. The number of imide groups is 2. The molecule has 1 saturated heterocycles. The first-order chi connectivity index (χ1) is 13.2. The van der Waals surface area contributed by atoms with Crippen LogP contribution in [0.1, 0.15) is 11.1 Å². The molecule has 0 aliphatic carbocycles. The van der Waals surface area contributed by atoms with Gasteiger partial charge in [-0.1, -0.05) is 29.3 Å². The number of phenolic OH excluding ortho intramolecular Hbond substituents is 1. The Morgan fingerprint density at radius 2 is 1.82 bits per heavy atom. The lowest BCUT2D eigenvalue weighted by molar-refractivity contribution is -0.385. The number of amides is 4. The highest BCUT2D eigenvalue weighted by molar-refractivity contribution is 6.39. The topological polar surface area (TPSA) is 130 Å². The van der Waals surface area contributed by atoms with Crippen LogP contribution in [0.5, 0.6) is 5.75 Å². The number of nitro benzene ring substituents is 1. The lowest BCUT2D eigenvalue weighted by Gasteiger charge is -2.26. The maximum Gasteiger partial charge on any atom is 0.335 e. The fraction of sp³-hybridized carbons (Fsp3) is 0.0556. The zero-order valence-electron chi connectivity index (χ0n) is 14.3. The van der Waals surface area contributed by atoms with Crippen LogP contribution in [0.2, 0.25) is 5.02 Å². The van der Waals surface area contributed by atoms with Crippen molar-refractivity contribution in [1.82, 2.24) is 5.32 Å². The highest BCUT2D eigenvalue weighted by Gasteiger charge is 2.37. The maximum absolute atomic E-state index is 12.8. The van der Waals surface area contributed by atoms with Gasteiger partial charge in [-0.25, -0.2) is 9.69 Å². The molecule has 1 heterocycles. The van der Waals surface area contributed by atoms with Gasteiger partial charge in [-0.15, -0.1) is 0 Å². The summed E-state index contributed by atoms with van der Waals surface area (Å²) in [6.07, 6.45) is 0.944. The standard InChI is InChI=1S/C18H12ClN3O6/c1-9-2-4-12(5-3-9)21-17(25)13(16(24)20-18(21)26)7-10-6-11(19)8-14(15(10)23)22(27)28/h2-8,23H,1H3,(H,20,24,26)/b13-7+. The van der Waals surface area contributed by atoms with Gasteiger partial charge in [0.15, 0.2) is 0 Å². The predicted molar refractivity (Wildman–Crippen MR) is 100.0 cm³/mol. The van der Waals surface area contributed by atoms with E-state index in [1.165, 1.54) is 12.1 Å². The van der Waals surface area contributed by atoms with E-state index in [0.29, 0.717) is 0 Å². The van der Waals surface area contributed by atoms with Crippen LogP contribution in [0.4, 0.5) is 16.2 Å². The molecule has 4 amide bonds. The summed E-state index contributed by atoms with van der Waals surface area (Å²) in [6.45, 7) is 1.82. The average molecular weight is 402 g/mol. The van der Waals surface area contributed by atoms with Gasteiger partial charge in [-0.3, -0.25) is 25.0 Å². The molecule has 0 atom stereocenters. The van der Waals surface area contributed by atoms with Crippen LogP contribution in [-0.4, -0.2) is 27.9 Å². The minimum Gasteiger partial charge on any atom is -0.502 e. The van der Waals surface area contributed by atoms with Crippen LogP contribution >= 0.6 is 11.6 Å². The van der Waals surface area contributed by atoms with Crippen molar-refractivity contribution in [1.29, 1.82) is 0 Å². The monoisotopic (exact) mass is 401 g/mol. The van der Waals surface area contributed by atoms with Crippen molar-refractivity contribution in [3.8, 4) is 5.75 Å². The number of phenols is 1. The largest absolute Gasteiger partial charge is 0.502 e. The molecule has 1 aliphatic rings. The normalized spacial score (nSPS) is 15.7. The number of anilines is 1. The molecule has 2 aromatic carbocycles. The quantitative estimate of drug-likeness (QED) is 0.352. The number of nitrogens with zero attached hydrogens (tertiary/aromatic N) is 2. The smallest absolute Gasteiger partial charge is 0.335 e. The Bertz CT molecular complexity index is 1060. The van der Waals surface area contributed by atoms with Crippen molar-refractivity contribution >= 4 is 46.9 Å². The van der Waals surface area contributed by atoms with E-state index in [1.54, 1.807) is 12.1 Å². The average Bonchev–Trinajstić information content (AvgIpc) is 2.62. The number of nitro groups is 1. The third kappa shape index (κ3) is 3.42. The highest BCUT2D eigenvalue weighted by Crippen LogP contribution is 2.35. The van der Waals surface area contributed by atoms with Crippen molar-refractivity contribution in [2.24, 2.45) is 0 Å². The first-order valence-electron chi connectivity index (χ1n) is 7.84. The number of rotatable bonds is 3. The number of carbonyl (C=O) groups is 3. The summed E-state index contributed by atoms with van der Waals surface area (Å²) in [5.41, 5.74) is -0.262. The summed E-state index contributed by atoms with van der Waals surface area (Å²) < 4.78 is 0. The maximum atomic E-state index is 12.8. The van der Waals surface area contributed by atoms with Gasteiger partial charge in [-0.05, 0) is 31.2 Å². The minimum absolute atomic E-state index is 0.0773. The van der Waals surface area contributed by atoms with Gasteiger partial charge >= 0.3 is 11.7 Å². The van der Waals surface area contributed by atoms with Crippen LogP contribution in [0.3, 0.4) is 0 Å². The van der Waals surface area contributed by atoms with E-state index in [0.717, 1.165) is 28.7 Å². The first-order valence-corrected chi connectivity index (χ1v) is 8.22. The van der Waals surface area contributed by atoms with E-state index in [2.05, 4.69) is 0 Å². The summed E-state index contributed by atoms with van der Waals surface area (Å²) in [6, 6.07) is 7.58. The lowest BCUT2D eigenvalue weighted by atomic mass is 10.0. The summed E-state index contributed by atoms with van der Waals surface area (Å²) >= 11 is 5.82. The second-order valence-corrected chi connectivity index (χ2v) is 6.35. The number of hydrogen-bond donors (Lipinski definition) is 2. The molecule has 2 N–H and O–H groups in total. The number of aromatic hydroxyl groups is 1. The van der Waals surface area contributed by atoms with Gasteiger partial charge in [0.05, 0.1) is 10.6 Å². The predicted octanol–water partition coefficient (Wildman–Crippen LogP) is 2.93. The second-order valence-electron chi connectivity index (χ2n) is 5.91. The van der Waals surface area contributed by atoms with E-state index in [-0.39, 0.29) is 16.3 Å². The first kappa shape index (κ1) is 19.1. The molecular weight excluding hydrogens is 390 g/mol. The van der Waals surface area contributed by atoms with Crippen molar-refractivity contribution < 1.29 is 24.4 Å². The Morgan fingerprint density at radius 3 is 2.43 bits per heavy atom. The molecule has 28 heavy (non-hydrogen) atoms. The molecule has 0 aromatic heterocycles. The van der Waals surface area contributed by atoms with Crippen LogP contribution in [0.25, 0.3) is 6.08 Å². The summed E-state index contributed by atoms with van der Waals surface area (Å²) in [4.78, 5) is 48.0. The Balaban J connectivity index is 2.09. The van der Waals surface area contributed by atoms with E-state index in [9.17, 15) is 29.6 Å². The molecule has 1 aliphatic heterocycles. The fourth-order valence-electron chi connectivity index (χ4n) is 2.60. The van der Waals surface area contributed by atoms with Gasteiger partial charge in [0.2, 0.25) is 5.75 Å². The zero-order valence-corrected chi connectivity index (χ0v) is 15.1. The molecule has 0 unspecified atom stereocenters. The SMILES string of the molecule is Cc1ccc(N2C(=O)NC(=O)/C(=C\c3cc(Cl)cc([N+](=O)[O-])c3O)C2=O)cc1. The molecule has 9 nitrogen and oxygen atoms in total. The Labute approximate surface area is 163 Å². The molecular formula is C18H12ClN3O6. The van der Waals surface area contributed by atoms with Crippen LogP contribution in [-0.2, 0) is 9.59 Å². The molecule has 0 spiro atoms. The Morgan fingerprint density at radius 1 is 1.18 bits per heavy atom. The number of barbiturate groups is 1. The highest BCUT2D eigenvalue weighted by atomic mass is 35.5. The van der Waals surface area contributed by atoms with E-state index in [1.807, 2.05) is 12.2 Å². The van der Waals surface area contributed by atoms with Crippen molar-refractivity contribution in [3.05, 3.63) is 68.2 Å². The molecule has 0 saturated carbocycles. The number of halogens is 1. The van der Waals surface area contributed by atoms with Crippen LogP contribution in [0, 0.1) is 17.0 Å². The van der Waals surface area contributed by atoms with Gasteiger partial charge in [0.25, 0.3) is 11.8 Å². The molecule has 0 radical (unpaired) electrons. The van der Waals surface area contributed by atoms with Crippen LogP contribution in [0.15, 0.2) is 42.0 Å². The number of nitrogens with one attached hydrogen (secondary N) is 1. The molecule has 0 bridgehead atoms. The third-order valence-electron chi connectivity index (χ3n) is 3.97. The van der Waals surface area contributed by atoms with Crippen molar-refractivity contribution in [3.63, 3.8) is 0 Å². The van der Waals surface area contributed by atoms with Gasteiger partial charge in [-0.2, -0.15) is 0 Å². The van der Waals surface area contributed by atoms with Gasteiger partial charge in [0.1, 0.15) is 5.57 Å². The molecule has 142 valence electrons. The van der Waals surface area contributed by atoms with Crippen molar-refractivity contribution in [2.75, 3.05) is 4.90 Å². The van der Waals surface area contributed by atoms with Gasteiger partial charge < -0.3 is 5.11 Å². The van der Waals surface area contributed by atoms with Crippen molar-refractivity contribution in [2.45, 2.75) is 6.92 Å². The van der Waals surface area contributed by atoms with Gasteiger partial charge in [0, 0.05) is 16.7 Å². The minimum atomic E-state index is -1.000. The summed E-state index contributed by atoms with van der Waals surface area (Å²) in [7, 11) is 0. The van der Waals surface area contributed by atoms with Crippen LogP contribution < -0.4 is 10.2 Å². The number of hydrogen-bond acceptors (Lipinski definition) is 6. The van der Waals surface area contributed by atoms with E-state index in [4.69, 9.17) is 11.6 Å². The number of benzene rings is 2. The summed E-state index contributed by atoms with van der Waals surface area (Å²) in [5, 5.41) is 23.1. The molecule has 2 aromatic rings. The molecule has 1 fully saturated rings. The fourth-order valence-corrected chi connectivity index (χ4v) is 2.82. The Hall–Kier alpha value is -3.72. The second kappa shape index (κ2) is 7.12. The van der Waals surface area contributed by atoms with E-state index < -0.39 is 39.8 Å². The molecule has 3 rings (SSSR count). The third-order valence-corrected chi connectivity index (χ3v) is 4.19.